The summed E-state index contributed by atoms with van der Waals surface area (Å²) in [5, 5.41) is 12.6. The average Bonchev–Trinajstić information content (AvgIpc) is 3.07. The van der Waals surface area contributed by atoms with Crippen LogP contribution in [0, 0.1) is 18.3 Å². The van der Waals surface area contributed by atoms with Gasteiger partial charge < -0.3 is 10.4 Å². The monoisotopic (exact) mass is 366 g/mol. The van der Waals surface area contributed by atoms with Crippen molar-refractivity contribution in [1.29, 1.82) is 0 Å². The Kier molecular flexibility index (Phi) is 6.47. The quantitative estimate of drug-likeness (QED) is 0.810. The van der Waals surface area contributed by atoms with Crippen molar-refractivity contribution >= 4 is 24.3 Å². The number of benzene rings is 1. The van der Waals surface area contributed by atoms with E-state index in [9.17, 15) is 14.7 Å². The van der Waals surface area contributed by atoms with E-state index in [0.29, 0.717) is 19.6 Å². The first-order chi connectivity index (χ1) is 11.5. The highest BCUT2D eigenvalue weighted by molar-refractivity contribution is 5.85. The van der Waals surface area contributed by atoms with Crippen LogP contribution in [0.2, 0.25) is 0 Å². The first-order valence-corrected chi connectivity index (χ1v) is 8.78. The zero-order valence-electron chi connectivity index (χ0n) is 14.7. The van der Waals surface area contributed by atoms with Crippen LogP contribution in [0.4, 0.5) is 0 Å². The van der Waals surface area contributed by atoms with Crippen molar-refractivity contribution in [2.75, 3.05) is 26.2 Å². The van der Waals surface area contributed by atoms with Crippen molar-refractivity contribution in [1.82, 2.24) is 10.2 Å². The Morgan fingerprint density at radius 3 is 2.80 bits per heavy atom. The number of carbonyl (C=O) groups is 2. The summed E-state index contributed by atoms with van der Waals surface area (Å²) in [7, 11) is 0. The number of carbonyl (C=O) groups excluding carboxylic acids is 1. The van der Waals surface area contributed by atoms with Crippen LogP contribution in [0.5, 0.6) is 0 Å². The zero-order chi connectivity index (χ0) is 17.2. The van der Waals surface area contributed by atoms with Gasteiger partial charge in [0.2, 0.25) is 5.91 Å². The zero-order valence-corrected chi connectivity index (χ0v) is 15.5. The van der Waals surface area contributed by atoms with Gasteiger partial charge in [0.15, 0.2) is 0 Å². The highest BCUT2D eigenvalue weighted by Crippen LogP contribution is 2.48. The molecule has 1 saturated heterocycles. The van der Waals surface area contributed by atoms with Crippen LogP contribution in [0.1, 0.15) is 30.4 Å². The number of fused-ring (bicyclic) bond motifs is 1. The van der Waals surface area contributed by atoms with E-state index in [-0.39, 0.29) is 24.2 Å². The molecule has 3 rings (SSSR count). The highest BCUT2D eigenvalue weighted by atomic mass is 35.5. The highest BCUT2D eigenvalue weighted by Gasteiger charge is 2.54. The summed E-state index contributed by atoms with van der Waals surface area (Å²) >= 11 is 0. The van der Waals surface area contributed by atoms with Crippen molar-refractivity contribution in [3.8, 4) is 0 Å². The van der Waals surface area contributed by atoms with Gasteiger partial charge in [-0.3, -0.25) is 14.5 Å². The number of hydrogen-bond donors (Lipinski definition) is 2. The maximum absolute atomic E-state index is 12.2. The molecule has 2 aliphatic rings. The third kappa shape index (κ3) is 4.15. The van der Waals surface area contributed by atoms with Gasteiger partial charge in [0.25, 0.3) is 0 Å². The van der Waals surface area contributed by atoms with Crippen LogP contribution in [-0.4, -0.2) is 48.1 Å². The lowest BCUT2D eigenvalue weighted by molar-refractivity contribution is -0.149. The minimum atomic E-state index is -0.688. The van der Waals surface area contributed by atoms with Gasteiger partial charge in [-0.25, -0.2) is 0 Å². The van der Waals surface area contributed by atoms with Gasteiger partial charge in [0, 0.05) is 19.6 Å². The number of carboxylic acid groups (broad SMARTS) is 1. The molecule has 2 atom stereocenters. The van der Waals surface area contributed by atoms with Crippen molar-refractivity contribution in [3.05, 3.63) is 35.4 Å². The molecule has 0 spiro atoms. The Labute approximate surface area is 155 Å². The van der Waals surface area contributed by atoms with E-state index in [1.165, 1.54) is 11.1 Å². The fourth-order valence-corrected chi connectivity index (χ4v) is 4.35. The van der Waals surface area contributed by atoms with Crippen LogP contribution in [0.3, 0.4) is 0 Å². The Bertz CT molecular complexity index is 637. The molecular formula is C19H27ClN2O3. The normalized spacial score (nSPS) is 25.2. The van der Waals surface area contributed by atoms with Crippen molar-refractivity contribution in [3.63, 3.8) is 0 Å². The molecule has 1 aliphatic carbocycles. The van der Waals surface area contributed by atoms with Gasteiger partial charge >= 0.3 is 5.97 Å². The number of likely N-dealkylation sites (tertiary alicyclic amines) is 1. The Hall–Kier alpha value is -1.59. The van der Waals surface area contributed by atoms with Gasteiger partial charge in [0.1, 0.15) is 0 Å². The minimum Gasteiger partial charge on any atom is -0.481 e. The van der Waals surface area contributed by atoms with Crippen molar-refractivity contribution in [2.24, 2.45) is 11.3 Å². The van der Waals surface area contributed by atoms with Crippen molar-refractivity contribution < 1.29 is 14.7 Å². The molecule has 0 aromatic heterocycles. The van der Waals surface area contributed by atoms with Gasteiger partial charge in [0.05, 0.1) is 12.0 Å². The maximum Gasteiger partial charge on any atom is 0.311 e. The molecule has 138 valence electrons. The second-order valence-corrected chi connectivity index (χ2v) is 7.25. The topological polar surface area (TPSA) is 69.6 Å². The lowest BCUT2D eigenvalue weighted by Crippen LogP contribution is -2.39. The Morgan fingerprint density at radius 1 is 1.36 bits per heavy atom. The van der Waals surface area contributed by atoms with Crippen LogP contribution in [0.25, 0.3) is 0 Å². The molecular weight excluding hydrogens is 340 g/mol. The smallest absolute Gasteiger partial charge is 0.311 e. The predicted molar refractivity (Wildman–Crippen MR) is 99.0 cm³/mol. The number of nitrogens with one attached hydrogen (secondary N) is 1. The van der Waals surface area contributed by atoms with E-state index < -0.39 is 11.4 Å². The second-order valence-electron chi connectivity index (χ2n) is 7.25. The number of hydrogen-bond acceptors (Lipinski definition) is 3. The number of amides is 1. The number of halogens is 1. The molecule has 0 radical (unpaired) electrons. The Balaban J connectivity index is 0.00000225. The molecule has 1 amide bonds. The number of aryl methyl sites for hydroxylation is 1. The molecule has 1 heterocycles. The molecule has 5 nitrogen and oxygen atoms in total. The van der Waals surface area contributed by atoms with Crippen LogP contribution < -0.4 is 5.32 Å². The summed E-state index contributed by atoms with van der Waals surface area (Å²) in [4.78, 5) is 25.9. The van der Waals surface area contributed by atoms with Crippen molar-refractivity contribution in [2.45, 2.75) is 32.6 Å². The van der Waals surface area contributed by atoms with Crippen LogP contribution >= 0.6 is 12.4 Å². The molecule has 1 saturated carbocycles. The third-order valence-electron chi connectivity index (χ3n) is 5.71. The van der Waals surface area contributed by atoms with Gasteiger partial charge in [-0.05, 0) is 43.2 Å². The lowest BCUT2D eigenvalue weighted by atomic mass is 9.81. The average molecular weight is 367 g/mol. The van der Waals surface area contributed by atoms with Gasteiger partial charge in [-0.15, -0.1) is 12.4 Å². The molecule has 0 unspecified atom stereocenters. The van der Waals surface area contributed by atoms with E-state index in [2.05, 4.69) is 24.4 Å². The second kappa shape index (κ2) is 8.19. The largest absolute Gasteiger partial charge is 0.481 e. The van der Waals surface area contributed by atoms with Gasteiger partial charge in [-0.2, -0.15) is 0 Å². The number of carboxylic acids is 1. The minimum absolute atomic E-state index is 0. The molecule has 1 aromatic rings. The van der Waals surface area contributed by atoms with E-state index in [1.54, 1.807) is 0 Å². The van der Waals surface area contributed by atoms with E-state index in [4.69, 9.17) is 0 Å². The van der Waals surface area contributed by atoms with E-state index in [0.717, 1.165) is 32.2 Å². The summed E-state index contributed by atoms with van der Waals surface area (Å²) in [5.74, 6) is -0.494. The molecule has 1 aliphatic heterocycles. The molecule has 2 fully saturated rings. The van der Waals surface area contributed by atoms with Crippen LogP contribution in [0.15, 0.2) is 24.3 Å². The van der Waals surface area contributed by atoms with E-state index >= 15 is 0 Å². The predicted octanol–water partition coefficient (Wildman–Crippen LogP) is 2.26. The van der Waals surface area contributed by atoms with Gasteiger partial charge in [-0.1, -0.05) is 30.7 Å². The SMILES string of the molecule is Cc1ccccc1CCNC(=O)CN1C[C@@H]2CCC[C@@]2(C(=O)O)C1.Cl. The third-order valence-corrected chi connectivity index (χ3v) is 5.71. The van der Waals surface area contributed by atoms with Crippen LogP contribution in [-0.2, 0) is 16.0 Å². The summed E-state index contributed by atoms with van der Waals surface area (Å²) < 4.78 is 0. The summed E-state index contributed by atoms with van der Waals surface area (Å²) in [6.45, 7) is 4.24. The molecule has 25 heavy (non-hydrogen) atoms. The standard InChI is InChI=1S/C19H26N2O3.ClH/c1-14-5-2-3-6-15(14)8-10-20-17(22)12-21-11-16-7-4-9-19(16,13-21)18(23)24;/h2-3,5-6,16H,4,7-13H2,1H3,(H,20,22)(H,23,24);1H/t16-,19+;/m0./s1. The molecule has 6 heteroatoms. The summed E-state index contributed by atoms with van der Waals surface area (Å²) in [6, 6.07) is 8.18. The fourth-order valence-electron chi connectivity index (χ4n) is 4.35. The lowest BCUT2D eigenvalue weighted by Gasteiger charge is -2.23. The molecule has 2 N–H and O–H groups in total. The first-order valence-electron chi connectivity index (χ1n) is 8.78. The number of rotatable bonds is 6. The molecule has 0 bridgehead atoms. The number of aliphatic carboxylic acids is 1. The Morgan fingerprint density at radius 2 is 2.12 bits per heavy atom. The maximum atomic E-state index is 12.2. The van der Waals surface area contributed by atoms with E-state index in [1.807, 2.05) is 17.0 Å². The fraction of sp³-hybridized carbons (Fsp3) is 0.579. The first kappa shape index (κ1) is 19.7. The number of nitrogens with zero attached hydrogens (tertiary/aromatic N) is 1. The summed E-state index contributed by atoms with van der Waals surface area (Å²) in [6.07, 6.45) is 3.53. The molecule has 1 aromatic carbocycles. The summed E-state index contributed by atoms with van der Waals surface area (Å²) in [5.41, 5.74) is 1.88.